The Labute approximate surface area is 221 Å². The zero-order chi connectivity index (χ0) is 27.1. The van der Waals surface area contributed by atoms with Gasteiger partial charge in [0.1, 0.15) is 17.6 Å². The number of hydrogen-bond acceptors (Lipinski definition) is 8. The third-order valence-electron chi connectivity index (χ3n) is 6.37. The molecule has 1 N–H and O–H groups in total. The fraction of sp³-hybridized carbons (Fsp3) is 0.481. The summed E-state index contributed by atoms with van der Waals surface area (Å²) in [5.74, 6) is 0.396. The lowest BCUT2D eigenvalue weighted by Crippen LogP contribution is -2.48. The highest BCUT2D eigenvalue weighted by Crippen LogP contribution is 2.25. The van der Waals surface area contributed by atoms with E-state index in [4.69, 9.17) is 13.7 Å². The molecule has 2 aromatic heterocycles. The van der Waals surface area contributed by atoms with Crippen LogP contribution in [0.5, 0.6) is 5.75 Å². The molecular formula is C27H34FN5O5. The van der Waals surface area contributed by atoms with Crippen LogP contribution in [0.3, 0.4) is 0 Å². The first-order valence-corrected chi connectivity index (χ1v) is 12.9. The van der Waals surface area contributed by atoms with E-state index in [1.165, 1.54) is 12.3 Å². The van der Waals surface area contributed by atoms with Crippen molar-refractivity contribution in [3.63, 3.8) is 0 Å². The topological polar surface area (TPSA) is 114 Å². The maximum Gasteiger partial charge on any atom is 0.287 e. The second-order valence-corrected chi connectivity index (χ2v) is 9.65. The number of hydrogen-bond donors (Lipinski definition) is 1. The van der Waals surface area contributed by atoms with E-state index in [1.807, 2.05) is 13.8 Å². The number of nitrogens with zero attached hydrogens (tertiary/aromatic N) is 4. The van der Waals surface area contributed by atoms with E-state index in [1.54, 1.807) is 36.1 Å². The molecule has 1 aliphatic heterocycles. The number of carbonyl (C=O) groups excluding carboxylic acids is 2. The average Bonchev–Trinajstić information content (AvgIpc) is 3.56. The lowest BCUT2D eigenvalue weighted by molar-refractivity contribution is -0.132. The predicted octanol–water partition coefficient (Wildman–Crippen LogP) is 3.71. The number of carbonyl (C=O) groups is 2. The van der Waals surface area contributed by atoms with Crippen molar-refractivity contribution in [1.29, 1.82) is 0 Å². The van der Waals surface area contributed by atoms with Crippen molar-refractivity contribution in [2.24, 2.45) is 0 Å². The van der Waals surface area contributed by atoms with Crippen molar-refractivity contribution >= 4 is 11.8 Å². The van der Waals surface area contributed by atoms with Crippen LogP contribution >= 0.6 is 0 Å². The first kappa shape index (κ1) is 27.3. The van der Waals surface area contributed by atoms with Gasteiger partial charge in [-0.15, -0.1) is 0 Å². The molecule has 2 amide bonds. The van der Waals surface area contributed by atoms with Crippen molar-refractivity contribution in [3.8, 4) is 17.1 Å². The molecule has 204 valence electrons. The molecule has 0 unspecified atom stereocenters. The minimum Gasteiger partial charge on any atom is -0.493 e. The Balaban J connectivity index is 1.19. The molecule has 0 radical (unpaired) electrons. The van der Waals surface area contributed by atoms with Crippen LogP contribution in [0.1, 0.15) is 56.0 Å². The van der Waals surface area contributed by atoms with Crippen molar-refractivity contribution < 1.29 is 27.7 Å². The molecule has 1 saturated heterocycles. The molecule has 1 atom stereocenters. The van der Waals surface area contributed by atoms with E-state index in [9.17, 15) is 14.0 Å². The number of rotatable bonds is 10. The van der Waals surface area contributed by atoms with Gasteiger partial charge in [0.05, 0.1) is 18.4 Å². The van der Waals surface area contributed by atoms with Crippen LogP contribution in [0.15, 0.2) is 45.5 Å². The second kappa shape index (κ2) is 12.7. The number of halogens is 1. The lowest BCUT2D eigenvalue weighted by Gasteiger charge is -2.25. The highest BCUT2D eigenvalue weighted by Gasteiger charge is 2.25. The molecule has 0 bridgehead atoms. The summed E-state index contributed by atoms with van der Waals surface area (Å²) >= 11 is 0. The monoisotopic (exact) mass is 527 g/mol. The Morgan fingerprint density at radius 3 is 2.71 bits per heavy atom. The number of aromatic nitrogens is 2. The maximum absolute atomic E-state index is 14.6. The van der Waals surface area contributed by atoms with E-state index in [2.05, 4.69) is 20.4 Å². The van der Waals surface area contributed by atoms with Gasteiger partial charge in [-0.1, -0.05) is 19.0 Å². The standard InChI is InChI=1S/C27H34FN5O5/c1-18(2)26-30-24(31-38-26)21-9-8-20(17-22(21)28)36-16-6-11-32-10-5-12-33(14-13-32)27(35)19(3)29-25(34)23-7-4-15-37-23/h4,7-9,15,17-19H,5-6,10-14,16H2,1-3H3,(H,29,34)/t19-/m1/s1. The normalized spacial score (nSPS) is 15.3. The van der Waals surface area contributed by atoms with Crippen LogP contribution in [0.4, 0.5) is 4.39 Å². The third kappa shape index (κ3) is 6.97. The van der Waals surface area contributed by atoms with Gasteiger partial charge in [-0.25, -0.2) is 4.39 Å². The molecule has 1 aliphatic rings. The molecule has 11 heteroatoms. The molecule has 0 aliphatic carbocycles. The van der Waals surface area contributed by atoms with Gasteiger partial charge >= 0.3 is 0 Å². The number of benzene rings is 1. The minimum absolute atomic E-state index is 0.0683. The second-order valence-electron chi connectivity index (χ2n) is 9.65. The average molecular weight is 528 g/mol. The van der Waals surface area contributed by atoms with Crippen LogP contribution in [-0.2, 0) is 4.79 Å². The zero-order valence-electron chi connectivity index (χ0n) is 22.0. The minimum atomic E-state index is -0.642. The van der Waals surface area contributed by atoms with Crippen molar-refractivity contribution in [2.75, 3.05) is 39.3 Å². The number of ether oxygens (including phenoxy) is 1. The first-order chi connectivity index (χ1) is 18.3. The van der Waals surface area contributed by atoms with Crippen molar-refractivity contribution in [1.82, 2.24) is 25.3 Å². The van der Waals surface area contributed by atoms with Crippen LogP contribution in [-0.4, -0.2) is 77.1 Å². The van der Waals surface area contributed by atoms with Gasteiger partial charge in [-0.05, 0) is 50.6 Å². The van der Waals surface area contributed by atoms with E-state index in [-0.39, 0.29) is 29.0 Å². The van der Waals surface area contributed by atoms with Crippen LogP contribution in [0, 0.1) is 5.82 Å². The fourth-order valence-corrected chi connectivity index (χ4v) is 4.25. The summed E-state index contributed by atoms with van der Waals surface area (Å²) in [6.07, 6.45) is 3.02. The fourth-order valence-electron chi connectivity index (χ4n) is 4.25. The number of amides is 2. The van der Waals surface area contributed by atoms with Gasteiger partial charge in [-0.3, -0.25) is 9.59 Å². The predicted molar refractivity (Wildman–Crippen MR) is 137 cm³/mol. The molecule has 38 heavy (non-hydrogen) atoms. The quantitative estimate of drug-likeness (QED) is 0.397. The molecule has 1 fully saturated rings. The Morgan fingerprint density at radius 2 is 2.00 bits per heavy atom. The molecule has 3 heterocycles. The molecule has 4 rings (SSSR count). The van der Waals surface area contributed by atoms with Crippen LogP contribution < -0.4 is 10.1 Å². The summed E-state index contributed by atoms with van der Waals surface area (Å²) in [7, 11) is 0. The van der Waals surface area contributed by atoms with Crippen molar-refractivity contribution in [3.05, 3.63) is 54.1 Å². The van der Waals surface area contributed by atoms with Gasteiger partial charge in [0.2, 0.25) is 17.6 Å². The first-order valence-electron chi connectivity index (χ1n) is 12.9. The van der Waals surface area contributed by atoms with Gasteiger partial charge in [-0.2, -0.15) is 4.98 Å². The zero-order valence-corrected chi connectivity index (χ0v) is 22.0. The van der Waals surface area contributed by atoms with Crippen molar-refractivity contribution in [2.45, 2.75) is 45.6 Å². The van der Waals surface area contributed by atoms with E-state index in [0.717, 1.165) is 32.5 Å². The summed E-state index contributed by atoms with van der Waals surface area (Å²) in [6.45, 7) is 9.60. The smallest absolute Gasteiger partial charge is 0.287 e. The summed E-state index contributed by atoms with van der Waals surface area (Å²) in [5.41, 5.74) is 0.270. The maximum atomic E-state index is 14.6. The summed E-state index contributed by atoms with van der Waals surface area (Å²) in [6, 6.07) is 7.18. The van der Waals surface area contributed by atoms with E-state index in [0.29, 0.717) is 31.3 Å². The molecule has 10 nitrogen and oxygen atoms in total. The van der Waals surface area contributed by atoms with Gasteiger partial charge in [0, 0.05) is 38.2 Å². The Hall–Kier alpha value is -3.73. The highest BCUT2D eigenvalue weighted by molar-refractivity contribution is 5.95. The molecular weight excluding hydrogens is 493 g/mol. The lowest BCUT2D eigenvalue weighted by atomic mass is 10.2. The molecule has 3 aromatic rings. The summed E-state index contributed by atoms with van der Waals surface area (Å²) in [4.78, 5) is 33.3. The third-order valence-corrected chi connectivity index (χ3v) is 6.37. The molecule has 0 spiro atoms. The Kier molecular flexibility index (Phi) is 9.11. The SMILES string of the molecule is CC(C)c1nc(-c2ccc(OCCCN3CCCN(C(=O)[C@@H](C)NC(=O)c4ccco4)CC3)cc2F)no1. The highest BCUT2D eigenvalue weighted by atomic mass is 19.1. The van der Waals surface area contributed by atoms with E-state index < -0.39 is 17.8 Å². The number of nitrogens with one attached hydrogen (secondary N) is 1. The van der Waals surface area contributed by atoms with Gasteiger partial charge < -0.3 is 28.8 Å². The Bertz CT molecular complexity index is 1210. The molecule has 0 saturated carbocycles. The summed E-state index contributed by atoms with van der Waals surface area (Å²) in [5, 5.41) is 6.56. The largest absolute Gasteiger partial charge is 0.493 e. The van der Waals surface area contributed by atoms with Gasteiger partial charge in [0.15, 0.2) is 5.76 Å². The van der Waals surface area contributed by atoms with E-state index >= 15 is 0 Å². The number of furan rings is 1. The van der Waals surface area contributed by atoms with Crippen LogP contribution in [0.25, 0.3) is 11.4 Å². The van der Waals surface area contributed by atoms with Gasteiger partial charge in [0.25, 0.3) is 5.91 Å². The summed E-state index contributed by atoms with van der Waals surface area (Å²) < 4.78 is 30.6. The Morgan fingerprint density at radius 1 is 1.16 bits per heavy atom. The van der Waals surface area contributed by atoms with Crippen LogP contribution in [0.2, 0.25) is 0 Å². The molecule has 1 aromatic carbocycles.